The van der Waals surface area contributed by atoms with Crippen LogP contribution in [0.3, 0.4) is 0 Å². The van der Waals surface area contributed by atoms with Crippen LogP contribution >= 0.6 is 0 Å². The van der Waals surface area contributed by atoms with Gasteiger partial charge in [0.2, 0.25) is 0 Å². The van der Waals surface area contributed by atoms with Gasteiger partial charge in [0, 0.05) is 0 Å². The highest BCUT2D eigenvalue weighted by molar-refractivity contribution is 5.26. The summed E-state index contributed by atoms with van der Waals surface area (Å²) >= 11 is 0. The summed E-state index contributed by atoms with van der Waals surface area (Å²) in [5.41, 5.74) is 1.79. The van der Waals surface area contributed by atoms with E-state index in [1.807, 2.05) is 13.0 Å². The molecule has 0 nitrogen and oxygen atoms in total. The monoisotopic (exact) mass is 137 g/mol. The Balaban J connectivity index is 3.14. The SMILES string of the molecule is CCc1c[c]cc(F)c1C. The molecule has 0 bridgehead atoms. The Labute approximate surface area is 60.7 Å². The number of aryl methyl sites for hydroxylation is 1. The molecule has 0 saturated carbocycles. The van der Waals surface area contributed by atoms with Crippen LogP contribution in [0.5, 0.6) is 0 Å². The summed E-state index contributed by atoms with van der Waals surface area (Å²) in [5.74, 6) is -0.153. The summed E-state index contributed by atoms with van der Waals surface area (Å²) in [7, 11) is 0. The zero-order valence-corrected chi connectivity index (χ0v) is 6.24. The van der Waals surface area contributed by atoms with E-state index in [0.717, 1.165) is 17.5 Å². The molecule has 10 heavy (non-hydrogen) atoms. The van der Waals surface area contributed by atoms with E-state index in [-0.39, 0.29) is 5.82 Å². The topological polar surface area (TPSA) is 0 Å². The Morgan fingerprint density at radius 1 is 1.50 bits per heavy atom. The van der Waals surface area contributed by atoms with Gasteiger partial charge in [-0.2, -0.15) is 0 Å². The van der Waals surface area contributed by atoms with E-state index in [1.54, 1.807) is 6.92 Å². The molecule has 0 aliphatic rings. The number of halogens is 1. The third-order valence-corrected chi connectivity index (χ3v) is 1.69. The van der Waals surface area contributed by atoms with Gasteiger partial charge in [-0.1, -0.05) is 13.0 Å². The second kappa shape index (κ2) is 2.82. The average molecular weight is 137 g/mol. The maximum absolute atomic E-state index is 12.7. The van der Waals surface area contributed by atoms with Gasteiger partial charge in [0.1, 0.15) is 5.82 Å². The lowest BCUT2D eigenvalue weighted by atomic mass is 10.1. The number of rotatable bonds is 1. The fraction of sp³-hybridized carbons (Fsp3) is 0.333. The molecule has 0 amide bonds. The van der Waals surface area contributed by atoms with Gasteiger partial charge in [0.15, 0.2) is 0 Å². The van der Waals surface area contributed by atoms with Crippen molar-refractivity contribution in [1.29, 1.82) is 0 Å². The normalized spacial score (nSPS) is 9.90. The van der Waals surface area contributed by atoms with Crippen molar-refractivity contribution in [2.75, 3.05) is 0 Å². The average Bonchev–Trinajstić information content (AvgIpc) is 1.95. The first-order chi connectivity index (χ1) is 4.75. The highest BCUT2D eigenvalue weighted by Crippen LogP contribution is 2.11. The molecular formula is C9H10F. The first-order valence-corrected chi connectivity index (χ1v) is 3.40. The van der Waals surface area contributed by atoms with Gasteiger partial charge in [0.05, 0.1) is 0 Å². The Bertz CT molecular complexity index is 228. The van der Waals surface area contributed by atoms with E-state index in [4.69, 9.17) is 0 Å². The third kappa shape index (κ3) is 1.18. The Hall–Kier alpha value is -0.850. The van der Waals surface area contributed by atoms with Crippen LogP contribution in [0.4, 0.5) is 4.39 Å². The van der Waals surface area contributed by atoms with Crippen molar-refractivity contribution in [3.63, 3.8) is 0 Å². The van der Waals surface area contributed by atoms with E-state index in [9.17, 15) is 4.39 Å². The molecule has 0 aliphatic heterocycles. The van der Waals surface area contributed by atoms with Crippen LogP contribution in [0.15, 0.2) is 12.1 Å². The van der Waals surface area contributed by atoms with Crippen LogP contribution in [0, 0.1) is 18.8 Å². The highest BCUT2D eigenvalue weighted by atomic mass is 19.1. The second-order valence-electron chi connectivity index (χ2n) is 2.31. The Morgan fingerprint density at radius 3 is 2.70 bits per heavy atom. The fourth-order valence-corrected chi connectivity index (χ4v) is 0.953. The standard InChI is InChI=1S/C9H10F/c1-3-8-5-4-6-9(10)7(8)2/h5-6H,3H2,1-2H3. The van der Waals surface area contributed by atoms with E-state index >= 15 is 0 Å². The molecule has 0 saturated heterocycles. The first kappa shape index (κ1) is 7.26. The van der Waals surface area contributed by atoms with Crippen LogP contribution in [0.2, 0.25) is 0 Å². The van der Waals surface area contributed by atoms with Gasteiger partial charge in [-0.05, 0) is 36.6 Å². The third-order valence-electron chi connectivity index (χ3n) is 1.69. The number of hydrogen-bond acceptors (Lipinski definition) is 0. The van der Waals surface area contributed by atoms with Crippen molar-refractivity contribution < 1.29 is 4.39 Å². The molecule has 1 radical (unpaired) electrons. The maximum Gasteiger partial charge on any atom is 0.127 e. The second-order valence-corrected chi connectivity index (χ2v) is 2.31. The van der Waals surface area contributed by atoms with E-state index in [2.05, 4.69) is 6.07 Å². The summed E-state index contributed by atoms with van der Waals surface area (Å²) in [4.78, 5) is 0. The molecular weight excluding hydrogens is 127 g/mol. The van der Waals surface area contributed by atoms with Crippen molar-refractivity contribution in [1.82, 2.24) is 0 Å². The largest absolute Gasteiger partial charge is 0.207 e. The summed E-state index contributed by atoms with van der Waals surface area (Å²) < 4.78 is 12.7. The minimum absolute atomic E-state index is 0.153. The van der Waals surface area contributed by atoms with Gasteiger partial charge in [0.25, 0.3) is 0 Å². The van der Waals surface area contributed by atoms with Crippen molar-refractivity contribution in [2.24, 2.45) is 0 Å². The summed E-state index contributed by atoms with van der Waals surface area (Å²) in [5, 5.41) is 0. The summed E-state index contributed by atoms with van der Waals surface area (Å²) in [6.07, 6.45) is 0.875. The molecule has 0 unspecified atom stereocenters. The van der Waals surface area contributed by atoms with E-state index in [1.165, 1.54) is 6.07 Å². The van der Waals surface area contributed by atoms with E-state index < -0.39 is 0 Å². The van der Waals surface area contributed by atoms with Crippen molar-refractivity contribution in [3.8, 4) is 0 Å². The lowest BCUT2D eigenvalue weighted by Crippen LogP contribution is -1.89. The zero-order valence-electron chi connectivity index (χ0n) is 6.24. The molecule has 0 fully saturated rings. The number of benzene rings is 1. The predicted octanol–water partition coefficient (Wildman–Crippen LogP) is 2.50. The van der Waals surface area contributed by atoms with Crippen molar-refractivity contribution in [3.05, 3.63) is 35.1 Å². The lowest BCUT2D eigenvalue weighted by molar-refractivity contribution is 0.615. The van der Waals surface area contributed by atoms with E-state index in [0.29, 0.717) is 0 Å². The molecule has 0 spiro atoms. The molecule has 0 aliphatic carbocycles. The van der Waals surface area contributed by atoms with Gasteiger partial charge in [-0.25, -0.2) is 4.39 Å². The van der Waals surface area contributed by atoms with Gasteiger partial charge < -0.3 is 0 Å². The quantitative estimate of drug-likeness (QED) is 0.558. The van der Waals surface area contributed by atoms with Gasteiger partial charge >= 0.3 is 0 Å². The minimum Gasteiger partial charge on any atom is -0.207 e. The molecule has 0 heterocycles. The van der Waals surface area contributed by atoms with Crippen LogP contribution in [-0.4, -0.2) is 0 Å². The molecule has 0 N–H and O–H groups in total. The molecule has 1 heteroatoms. The highest BCUT2D eigenvalue weighted by Gasteiger charge is 1.99. The predicted molar refractivity (Wildman–Crippen MR) is 39.4 cm³/mol. The number of hydrogen-bond donors (Lipinski definition) is 0. The lowest BCUT2D eigenvalue weighted by Gasteiger charge is -2.01. The molecule has 1 rings (SSSR count). The first-order valence-electron chi connectivity index (χ1n) is 3.40. The minimum atomic E-state index is -0.153. The van der Waals surface area contributed by atoms with Crippen LogP contribution < -0.4 is 0 Å². The Kier molecular flexibility index (Phi) is 2.05. The smallest absolute Gasteiger partial charge is 0.127 e. The Morgan fingerprint density at radius 2 is 2.20 bits per heavy atom. The van der Waals surface area contributed by atoms with Crippen molar-refractivity contribution in [2.45, 2.75) is 20.3 Å². The fourth-order valence-electron chi connectivity index (χ4n) is 0.953. The van der Waals surface area contributed by atoms with Crippen LogP contribution in [0.1, 0.15) is 18.1 Å². The zero-order chi connectivity index (χ0) is 7.56. The summed E-state index contributed by atoms with van der Waals surface area (Å²) in [6, 6.07) is 5.95. The molecule has 1 aromatic carbocycles. The molecule has 0 aromatic heterocycles. The molecule has 0 atom stereocenters. The van der Waals surface area contributed by atoms with Crippen molar-refractivity contribution >= 4 is 0 Å². The van der Waals surface area contributed by atoms with Gasteiger partial charge in [-0.15, -0.1) is 0 Å². The summed E-state index contributed by atoms with van der Waals surface area (Å²) in [6.45, 7) is 3.80. The molecule has 1 aromatic rings. The maximum atomic E-state index is 12.7. The van der Waals surface area contributed by atoms with Crippen LogP contribution in [0.25, 0.3) is 0 Å². The molecule has 53 valence electrons. The van der Waals surface area contributed by atoms with Crippen LogP contribution in [-0.2, 0) is 6.42 Å². The van der Waals surface area contributed by atoms with Gasteiger partial charge in [-0.3, -0.25) is 0 Å².